The maximum atomic E-state index is 12.9. The molecule has 1 rings (SSSR count). The number of nitrogens with one attached hydrogen (secondary N) is 1. The summed E-state index contributed by atoms with van der Waals surface area (Å²) >= 11 is 0. The first kappa shape index (κ1) is 8.59. The lowest BCUT2D eigenvalue weighted by atomic mass is 10.1. The summed E-state index contributed by atoms with van der Waals surface area (Å²) in [5.74, 6) is -1.38. The van der Waals surface area contributed by atoms with E-state index < -0.39 is 11.6 Å². The molecule has 0 radical (unpaired) electrons. The molecule has 1 nitrogen and oxygen atoms in total. The monoisotopic (exact) mass is 167 g/mol. The Balaban J connectivity index is 3.30. The predicted molar refractivity (Wildman–Crippen MR) is 44.2 cm³/mol. The molecular weight excluding hydrogens is 160 g/mol. The Morgan fingerprint density at radius 1 is 1.33 bits per heavy atom. The third-order valence-corrected chi connectivity index (χ3v) is 1.46. The van der Waals surface area contributed by atoms with Gasteiger partial charge in [-0.2, -0.15) is 0 Å². The molecule has 0 bridgehead atoms. The van der Waals surface area contributed by atoms with Crippen molar-refractivity contribution < 1.29 is 8.78 Å². The number of hydrogen-bond acceptors (Lipinski definition) is 1. The standard InChI is InChI=1S/C9H7F2N/c1-6(5-12)9-7(10)3-2-4-8(9)11/h2-5,12H,1H2. The smallest absolute Gasteiger partial charge is 0.134 e. The fourth-order valence-corrected chi connectivity index (χ4v) is 0.877. The van der Waals surface area contributed by atoms with Crippen molar-refractivity contribution in [3.8, 4) is 0 Å². The highest BCUT2D eigenvalue weighted by Crippen LogP contribution is 2.18. The average Bonchev–Trinajstić information content (AvgIpc) is 2.03. The van der Waals surface area contributed by atoms with Gasteiger partial charge in [0, 0.05) is 6.21 Å². The molecule has 0 atom stereocenters. The fourth-order valence-electron chi connectivity index (χ4n) is 0.877. The second-order valence-electron chi connectivity index (χ2n) is 2.27. The highest BCUT2D eigenvalue weighted by Gasteiger charge is 2.09. The van der Waals surface area contributed by atoms with Crippen LogP contribution in [-0.2, 0) is 0 Å². The van der Waals surface area contributed by atoms with Gasteiger partial charge in [0.15, 0.2) is 0 Å². The number of rotatable bonds is 2. The summed E-state index contributed by atoms with van der Waals surface area (Å²) in [4.78, 5) is 0. The van der Waals surface area contributed by atoms with Gasteiger partial charge < -0.3 is 5.41 Å². The summed E-state index contributed by atoms with van der Waals surface area (Å²) in [5.41, 5.74) is -0.196. The molecule has 0 heterocycles. The van der Waals surface area contributed by atoms with Gasteiger partial charge >= 0.3 is 0 Å². The quantitative estimate of drug-likeness (QED) is 0.654. The highest BCUT2D eigenvalue weighted by molar-refractivity contribution is 6.07. The summed E-state index contributed by atoms with van der Waals surface area (Å²) < 4.78 is 25.8. The summed E-state index contributed by atoms with van der Waals surface area (Å²) in [7, 11) is 0. The predicted octanol–water partition coefficient (Wildman–Crippen LogP) is 2.63. The molecule has 3 heteroatoms. The van der Waals surface area contributed by atoms with Crippen LogP contribution in [0.2, 0.25) is 0 Å². The number of allylic oxidation sites excluding steroid dienone is 1. The van der Waals surface area contributed by atoms with Gasteiger partial charge in [0.2, 0.25) is 0 Å². The van der Waals surface area contributed by atoms with Gasteiger partial charge in [0.25, 0.3) is 0 Å². The lowest BCUT2D eigenvalue weighted by molar-refractivity contribution is 0.578. The van der Waals surface area contributed by atoms with Crippen LogP contribution in [0.5, 0.6) is 0 Å². The molecule has 0 aliphatic carbocycles. The van der Waals surface area contributed by atoms with Crippen LogP contribution >= 0.6 is 0 Å². The minimum absolute atomic E-state index is 0.0330. The van der Waals surface area contributed by atoms with Crippen molar-refractivity contribution in [1.82, 2.24) is 0 Å². The van der Waals surface area contributed by atoms with Crippen LogP contribution in [0.15, 0.2) is 24.8 Å². The van der Waals surface area contributed by atoms with Gasteiger partial charge in [-0.25, -0.2) is 8.78 Å². The van der Waals surface area contributed by atoms with Crippen LogP contribution < -0.4 is 0 Å². The Morgan fingerprint density at radius 3 is 2.25 bits per heavy atom. The van der Waals surface area contributed by atoms with Crippen LogP contribution in [0.25, 0.3) is 5.57 Å². The van der Waals surface area contributed by atoms with E-state index in [-0.39, 0.29) is 11.1 Å². The van der Waals surface area contributed by atoms with E-state index in [0.29, 0.717) is 0 Å². The Hall–Kier alpha value is -1.51. The van der Waals surface area contributed by atoms with E-state index in [1.165, 1.54) is 6.07 Å². The molecule has 0 saturated heterocycles. The average molecular weight is 167 g/mol. The van der Waals surface area contributed by atoms with E-state index in [0.717, 1.165) is 18.3 Å². The molecule has 0 unspecified atom stereocenters. The lowest BCUT2D eigenvalue weighted by Gasteiger charge is -2.01. The van der Waals surface area contributed by atoms with Crippen molar-refractivity contribution in [3.05, 3.63) is 42.0 Å². The number of benzene rings is 1. The zero-order valence-corrected chi connectivity index (χ0v) is 6.27. The van der Waals surface area contributed by atoms with Gasteiger partial charge in [-0.3, -0.25) is 0 Å². The SMILES string of the molecule is C=C(C=N)c1c(F)cccc1F. The second-order valence-corrected chi connectivity index (χ2v) is 2.27. The molecule has 62 valence electrons. The van der Waals surface area contributed by atoms with Crippen molar-refractivity contribution in [1.29, 1.82) is 5.41 Å². The zero-order valence-electron chi connectivity index (χ0n) is 6.27. The summed E-state index contributed by atoms with van der Waals surface area (Å²) in [6.45, 7) is 3.34. The molecule has 0 amide bonds. The van der Waals surface area contributed by atoms with E-state index >= 15 is 0 Å². The minimum Gasteiger partial charge on any atom is -0.308 e. The Morgan fingerprint density at radius 2 is 1.83 bits per heavy atom. The van der Waals surface area contributed by atoms with E-state index in [1.54, 1.807) is 0 Å². The van der Waals surface area contributed by atoms with Gasteiger partial charge in [-0.15, -0.1) is 0 Å². The Labute approximate surface area is 68.9 Å². The Kier molecular flexibility index (Phi) is 2.33. The molecule has 0 saturated carbocycles. The molecular formula is C9H7F2N. The zero-order chi connectivity index (χ0) is 9.14. The molecule has 1 N–H and O–H groups in total. The summed E-state index contributed by atoms with van der Waals surface area (Å²) in [6.07, 6.45) is 0.821. The van der Waals surface area contributed by atoms with Gasteiger partial charge in [-0.05, 0) is 17.7 Å². The Bertz CT molecular complexity index is 311. The minimum atomic E-state index is -0.691. The molecule has 0 aliphatic rings. The summed E-state index contributed by atoms with van der Waals surface area (Å²) in [6, 6.07) is 3.53. The van der Waals surface area contributed by atoms with Gasteiger partial charge in [0.1, 0.15) is 11.6 Å². The third kappa shape index (κ3) is 1.39. The molecule has 0 fully saturated rings. The van der Waals surface area contributed by atoms with Crippen LogP contribution in [0.3, 0.4) is 0 Å². The topological polar surface area (TPSA) is 23.9 Å². The van der Waals surface area contributed by atoms with Crippen molar-refractivity contribution in [2.45, 2.75) is 0 Å². The van der Waals surface area contributed by atoms with Crippen molar-refractivity contribution in [2.75, 3.05) is 0 Å². The molecule has 1 aromatic rings. The molecule has 0 aliphatic heterocycles. The van der Waals surface area contributed by atoms with E-state index in [4.69, 9.17) is 5.41 Å². The fraction of sp³-hybridized carbons (Fsp3) is 0. The highest BCUT2D eigenvalue weighted by atomic mass is 19.1. The van der Waals surface area contributed by atoms with Crippen molar-refractivity contribution in [2.24, 2.45) is 0 Å². The molecule has 12 heavy (non-hydrogen) atoms. The van der Waals surface area contributed by atoms with Crippen LogP contribution in [0.4, 0.5) is 8.78 Å². The van der Waals surface area contributed by atoms with Gasteiger partial charge in [0.05, 0.1) is 5.56 Å². The largest absolute Gasteiger partial charge is 0.308 e. The second kappa shape index (κ2) is 3.26. The number of hydrogen-bond donors (Lipinski definition) is 1. The first-order chi connectivity index (χ1) is 5.66. The third-order valence-electron chi connectivity index (χ3n) is 1.46. The lowest BCUT2D eigenvalue weighted by Crippen LogP contribution is -1.93. The maximum absolute atomic E-state index is 12.9. The van der Waals surface area contributed by atoms with Crippen LogP contribution in [-0.4, -0.2) is 6.21 Å². The maximum Gasteiger partial charge on any atom is 0.134 e. The molecule has 0 aromatic heterocycles. The van der Waals surface area contributed by atoms with E-state index in [9.17, 15) is 8.78 Å². The molecule has 1 aromatic carbocycles. The van der Waals surface area contributed by atoms with Gasteiger partial charge in [-0.1, -0.05) is 12.6 Å². The first-order valence-corrected chi connectivity index (χ1v) is 3.30. The van der Waals surface area contributed by atoms with E-state index in [1.807, 2.05) is 0 Å². The summed E-state index contributed by atoms with van der Waals surface area (Å²) in [5, 5.41) is 6.78. The van der Waals surface area contributed by atoms with Crippen LogP contribution in [0, 0.1) is 17.0 Å². The van der Waals surface area contributed by atoms with Crippen LogP contribution in [0.1, 0.15) is 5.56 Å². The molecule has 0 spiro atoms. The first-order valence-electron chi connectivity index (χ1n) is 3.30. The normalized spacial score (nSPS) is 9.50. The number of halogens is 2. The van der Waals surface area contributed by atoms with Crippen molar-refractivity contribution in [3.63, 3.8) is 0 Å². The van der Waals surface area contributed by atoms with E-state index in [2.05, 4.69) is 6.58 Å². The van der Waals surface area contributed by atoms with Crippen molar-refractivity contribution >= 4 is 11.8 Å².